The van der Waals surface area contributed by atoms with Gasteiger partial charge in [-0.15, -0.1) is 0 Å². The fourth-order valence-electron chi connectivity index (χ4n) is 1.92. The number of ether oxygens (including phenoxy) is 3. The summed E-state index contributed by atoms with van der Waals surface area (Å²) < 4.78 is 16.7. The van der Waals surface area contributed by atoms with Crippen LogP contribution < -0.4 is 14.2 Å². The molecule has 0 aliphatic rings. The first kappa shape index (κ1) is 15.7. The van der Waals surface area contributed by atoms with Gasteiger partial charge in [-0.3, -0.25) is 9.97 Å². The van der Waals surface area contributed by atoms with Gasteiger partial charge in [0.1, 0.15) is 31.3 Å². The molecule has 0 radical (unpaired) electrons. The largest absolute Gasteiger partial charge is 0.490 e. The summed E-state index contributed by atoms with van der Waals surface area (Å²) in [4.78, 5) is 12.3. The molecule has 0 spiro atoms. The Hall–Kier alpha value is -3.15. The van der Waals surface area contributed by atoms with Gasteiger partial charge in [0.2, 0.25) is 5.88 Å². The first-order valence-corrected chi connectivity index (χ1v) is 7.54. The maximum Gasteiger partial charge on any atom is 0.213 e. The van der Waals surface area contributed by atoms with Gasteiger partial charge in [-0.25, -0.2) is 4.98 Å². The Morgan fingerprint density at radius 1 is 0.708 bits per heavy atom. The summed E-state index contributed by atoms with van der Waals surface area (Å²) in [6.45, 7) is 1.25. The number of hydrogen-bond acceptors (Lipinski definition) is 6. The van der Waals surface area contributed by atoms with Gasteiger partial charge in [0.15, 0.2) is 0 Å². The second-order valence-electron chi connectivity index (χ2n) is 4.82. The number of pyridine rings is 3. The van der Waals surface area contributed by atoms with Crippen molar-refractivity contribution in [3.63, 3.8) is 0 Å². The lowest BCUT2D eigenvalue weighted by atomic mass is 10.3. The lowest BCUT2D eigenvalue weighted by Gasteiger charge is -2.08. The van der Waals surface area contributed by atoms with Crippen molar-refractivity contribution in [1.29, 1.82) is 0 Å². The van der Waals surface area contributed by atoms with Crippen LogP contribution in [0.1, 0.15) is 5.69 Å². The van der Waals surface area contributed by atoms with E-state index in [4.69, 9.17) is 14.2 Å². The van der Waals surface area contributed by atoms with Crippen LogP contribution in [0, 0.1) is 0 Å². The van der Waals surface area contributed by atoms with E-state index in [0.717, 1.165) is 11.4 Å². The standard InChI is InChI=1S/C18H17N3O3/c1-2-8-20-18(3-1)24-14-15-4-5-17(13-21-15)23-12-11-22-16-6-9-19-10-7-16/h1-10,13H,11-12,14H2. The van der Waals surface area contributed by atoms with Crippen LogP contribution in [0.2, 0.25) is 0 Å². The van der Waals surface area contributed by atoms with Crippen molar-refractivity contribution in [2.75, 3.05) is 13.2 Å². The maximum absolute atomic E-state index is 5.59. The maximum atomic E-state index is 5.59. The quantitative estimate of drug-likeness (QED) is 0.594. The summed E-state index contributed by atoms with van der Waals surface area (Å²) in [5, 5.41) is 0. The molecule has 0 fully saturated rings. The Balaban J connectivity index is 1.40. The summed E-state index contributed by atoms with van der Waals surface area (Å²) in [6.07, 6.45) is 6.73. The summed E-state index contributed by atoms with van der Waals surface area (Å²) >= 11 is 0. The molecule has 0 saturated carbocycles. The fraction of sp³-hybridized carbons (Fsp3) is 0.167. The smallest absolute Gasteiger partial charge is 0.213 e. The van der Waals surface area contributed by atoms with Gasteiger partial charge >= 0.3 is 0 Å². The number of hydrogen-bond donors (Lipinski definition) is 0. The molecule has 6 heteroatoms. The molecular weight excluding hydrogens is 306 g/mol. The molecule has 3 aromatic heterocycles. The molecule has 3 aromatic rings. The highest BCUT2D eigenvalue weighted by molar-refractivity contribution is 5.20. The second kappa shape index (κ2) is 8.47. The van der Waals surface area contributed by atoms with Gasteiger partial charge < -0.3 is 14.2 Å². The molecule has 122 valence electrons. The van der Waals surface area contributed by atoms with Gasteiger partial charge in [0.05, 0.1) is 11.9 Å². The Kier molecular flexibility index (Phi) is 5.56. The zero-order valence-corrected chi connectivity index (χ0v) is 13.0. The first-order chi connectivity index (χ1) is 11.9. The predicted molar refractivity (Wildman–Crippen MR) is 88.0 cm³/mol. The molecule has 6 nitrogen and oxygen atoms in total. The van der Waals surface area contributed by atoms with Crippen molar-refractivity contribution in [3.05, 3.63) is 72.9 Å². The third-order valence-electron chi connectivity index (χ3n) is 3.07. The van der Waals surface area contributed by atoms with Gasteiger partial charge in [-0.1, -0.05) is 6.07 Å². The summed E-state index contributed by atoms with van der Waals surface area (Å²) in [5.41, 5.74) is 0.807. The topological polar surface area (TPSA) is 66.4 Å². The van der Waals surface area contributed by atoms with Crippen LogP contribution in [0.3, 0.4) is 0 Å². The highest BCUT2D eigenvalue weighted by Crippen LogP contribution is 2.12. The van der Waals surface area contributed by atoms with E-state index in [1.165, 1.54) is 0 Å². The van der Waals surface area contributed by atoms with E-state index < -0.39 is 0 Å². The molecular formula is C18H17N3O3. The Bertz CT molecular complexity index is 722. The molecule has 3 rings (SSSR count). The van der Waals surface area contributed by atoms with E-state index in [2.05, 4.69) is 15.0 Å². The van der Waals surface area contributed by atoms with E-state index in [0.29, 0.717) is 31.5 Å². The normalized spacial score (nSPS) is 10.2. The summed E-state index contributed by atoms with van der Waals surface area (Å²) in [6, 6.07) is 12.9. The van der Waals surface area contributed by atoms with Crippen LogP contribution in [0.4, 0.5) is 0 Å². The van der Waals surface area contributed by atoms with Crippen LogP contribution in [-0.2, 0) is 6.61 Å². The average Bonchev–Trinajstić information content (AvgIpc) is 2.66. The fourth-order valence-corrected chi connectivity index (χ4v) is 1.92. The third-order valence-corrected chi connectivity index (χ3v) is 3.07. The second-order valence-corrected chi connectivity index (χ2v) is 4.82. The van der Waals surface area contributed by atoms with Crippen LogP contribution in [-0.4, -0.2) is 28.2 Å². The van der Waals surface area contributed by atoms with Crippen LogP contribution >= 0.6 is 0 Å². The van der Waals surface area contributed by atoms with Crippen molar-refractivity contribution in [3.8, 4) is 17.4 Å². The van der Waals surface area contributed by atoms with E-state index in [1.54, 1.807) is 43.0 Å². The monoisotopic (exact) mass is 323 g/mol. The summed E-state index contributed by atoms with van der Waals surface area (Å²) in [5.74, 6) is 2.04. The molecule has 0 bridgehead atoms. The van der Waals surface area contributed by atoms with Crippen LogP contribution in [0.5, 0.6) is 17.4 Å². The van der Waals surface area contributed by atoms with E-state index >= 15 is 0 Å². The van der Waals surface area contributed by atoms with Crippen molar-refractivity contribution in [2.24, 2.45) is 0 Å². The minimum Gasteiger partial charge on any atom is -0.490 e. The predicted octanol–water partition coefficient (Wildman–Crippen LogP) is 2.91. The van der Waals surface area contributed by atoms with Crippen LogP contribution in [0.25, 0.3) is 0 Å². The zero-order valence-electron chi connectivity index (χ0n) is 13.0. The van der Waals surface area contributed by atoms with Gasteiger partial charge in [0.25, 0.3) is 0 Å². The zero-order chi connectivity index (χ0) is 16.5. The highest BCUT2D eigenvalue weighted by atomic mass is 16.5. The van der Waals surface area contributed by atoms with Gasteiger partial charge in [0, 0.05) is 24.7 Å². The molecule has 24 heavy (non-hydrogen) atoms. The lowest BCUT2D eigenvalue weighted by molar-refractivity contribution is 0.216. The Morgan fingerprint density at radius 2 is 1.54 bits per heavy atom. The highest BCUT2D eigenvalue weighted by Gasteiger charge is 2.00. The molecule has 3 heterocycles. The van der Waals surface area contributed by atoms with Crippen molar-refractivity contribution >= 4 is 0 Å². The first-order valence-electron chi connectivity index (χ1n) is 7.54. The number of nitrogens with zero attached hydrogens (tertiary/aromatic N) is 3. The van der Waals surface area contributed by atoms with Crippen molar-refractivity contribution in [1.82, 2.24) is 15.0 Å². The molecule has 0 N–H and O–H groups in total. The minimum absolute atomic E-state index is 0.364. The molecule has 0 aromatic carbocycles. The Labute approximate surface area is 140 Å². The molecule has 0 atom stereocenters. The van der Waals surface area contributed by atoms with Gasteiger partial charge in [-0.2, -0.15) is 0 Å². The van der Waals surface area contributed by atoms with E-state index in [9.17, 15) is 0 Å². The Morgan fingerprint density at radius 3 is 2.25 bits per heavy atom. The van der Waals surface area contributed by atoms with E-state index in [1.807, 2.05) is 24.3 Å². The SMILES string of the molecule is c1ccc(OCc2ccc(OCCOc3ccncc3)cn2)nc1. The average molecular weight is 323 g/mol. The third kappa shape index (κ3) is 4.95. The molecule has 0 aliphatic heterocycles. The van der Waals surface area contributed by atoms with E-state index in [-0.39, 0.29) is 0 Å². The molecule has 0 aliphatic carbocycles. The molecule has 0 amide bonds. The van der Waals surface area contributed by atoms with Gasteiger partial charge in [-0.05, 0) is 30.3 Å². The summed E-state index contributed by atoms with van der Waals surface area (Å²) in [7, 11) is 0. The van der Waals surface area contributed by atoms with Crippen molar-refractivity contribution < 1.29 is 14.2 Å². The lowest BCUT2D eigenvalue weighted by Crippen LogP contribution is -2.09. The molecule has 0 saturated heterocycles. The van der Waals surface area contributed by atoms with Crippen LogP contribution in [0.15, 0.2) is 67.3 Å². The molecule has 0 unspecified atom stereocenters. The minimum atomic E-state index is 0.364. The van der Waals surface area contributed by atoms with Crippen molar-refractivity contribution in [2.45, 2.75) is 6.61 Å². The number of rotatable bonds is 8. The number of aromatic nitrogens is 3.